The number of hydrogen-bond donors (Lipinski definition) is 2. The maximum atomic E-state index is 10.6. The van der Waals surface area contributed by atoms with E-state index in [1.54, 1.807) is 24.3 Å². The quantitative estimate of drug-likeness (QED) is 0.233. The number of amides is 1. The van der Waals surface area contributed by atoms with Crippen LogP contribution in [0.4, 0.5) is 4.79 Å². The summed E-state index contributed by atoms with van der Waals surface area (Å²) in [5.41, 5.74) is 0. The minimum atomic E-state index is -0.653. The maximum absolute atomic E-state index is 10.6. The molecular weight excluding hydrogens is 402 g/mol. The van der Waals surface area contributed by atoms with Gasteiger partial charge < -0.3 is 15.2 Å². The van der Waals surface area contributed by atoms with E-state index in [0.29, 0.717) is 12.2 Å². The van der Waals surface area contributed by atoms with Gasteiger partial charge >= 0.3 is 12.1 Å². The van der Waals surface area contributed by atoms with Gasteiger partial charge in [-0.15, -0.1) is 0 Å². The van der Waals surface area contributed by atoms with Gasteiger partial charge in [0.15, 0.2) is 0 Å². The van der Waals surface area contributed by atoms with E-state index in [9.17, 15) is 9.59 Å². The second-order valence-electron chi connectivity index (χ2n) is 8.05. The second-order valence-corrected chi connectivity index (χ2v) is 8.05. The van der Waals surface area contributed by atoms with Crippen LogP contribution >= 0.6 is 0 Å². The summed E-state index contributed by atoms with van der Waals surface area (Å²) in [6, 6.07) is 8.90. The van der Waals surface area contributed by atoms with Crippen molar-refractivity contribution < 1.29 is 19.4 Å². The highest BCUT2D eigenvalue weighted by Crippen LogP contribution is 2.13. The molecule has 0 saturated heterocycles. The zero-order valence-electron chi connectivity index (χ0n) is 19.9. The monoisotopic (exact) mass is 451 g/mol. The molecular formula is C27H49NO4. The van der Waals surface area contributed by atoms with E-state index in [-0.39, 0.29) is 7.43 Å². The Morgan fingerprint density at radius 1 is 0.750 bits per heavy atom. The van der Waals surface area contributed by atoms with Crippen molar-refractivity contribution in [2.24, 2.45) is 0 Å². The Hall–Kier alpha value is -2.04. The predicted molar refractivity (Wildman–Crippen MR) is 135 cm³/mol. The van der Waals surface area contributed by atoms with Gasteiger partial charge in [0.05, 0.1) is 0 Å². The number of carbonyl (C=O) groups is 2. The molecule has 0 aliphatic rings. The number of unbranched alkanes of at least 4 members (excludes halogenated alkanes) is 14. The van der Waals surface area contributed by atoms with Gasteiger partial charge in [-0.3, -0.25) is 4.79 Å². The van der Waals surface area contributed by atoms with Crippen LogP contribution in [0.3, 0.4) is 0 Å². The van der Waals surface area contributed by atoms with Gasteiger partial charge in [0.1, 0.15) is 5.75 Å². The molecule has 1 aromatic carbocycles. The second kappa shape index (κ2) is 25.2. The van der Waals surface area contributed by atoms with Gasteiger partial charge in [0.25, 0.3) is 0 Å². The van der Waals surface area contributed by atoms with Gasteiger partial charge in [-0.1, -0.05) is 122 Å². The lowest BCUT2D eigenvalue weighted by atomic mass is 10.0. The molecule has 0 aliphatic heterocycles. The molecule has 1 aromatic rings. The molecule has 0 atom stereocenters. The number of carboxylic acid groups (broad SMARTS) is 1. The van der Waals surface area contributed by atoms with Gasteiger partial charge in [-0.05, 0) is 18.6 Å². The molecule has 32 heavy (non-hydrogen) atoms. The molecule has 0 fully saturated rings. The number of nitrogens with one attached hydrogen (secondary N) is 1. The third-order valence-corrected chi connectivity index (χ3v) is 5.15. The maximum Gasteiger partial charge on any atom is 0.412 e. The summed E-state index contributed by atoms with van der Waals surface area (Å²) < 4.78 is 4.81. The molecule has 0 heterocycles. The van der Waals surface area contributed by atoms with E-state index < -0.39 is 12.1 Å². The molecule has 0 unspecified atom stereocenters. The Labute approximate surface area is 197 Å². The van der Waals surface area contributed by atoms with Crippen LogP contribution in [0.2, 0.25) is 0 Å². The predicted octanol–water partition coefficient (Wildman–Crippen LogP) is 8.37. The number of aliphatic carboxylic acids is 1. The third kappa shape index (κ3) is 24.2. The van der Waals surface area contributed by atoms with Crippen molar-refractivity contribution in [2.45, 2.75) is 117 Å². The SMILES string of the molecule is C.CCCCCCCCCCCCCCCCCC(=O)O.CNC(=O)Oc1ccccc1. The van der Waals surface area contributed by atoms with E-state index >= 15 is 0 Å². The van der Waals surface area contributed by atoms with Crippen LogP contribution in [0.1, 0.15) is 117 Å². The van der Waals surface area contributed by atoms with E-state index in [4.69, 9.17) is 9.84 Å². The highest BCUT2D eigenvalue weighted by atomic mass is 16.5. The molecule has 1 rings (SSSR count). The first-order valence-corrected chi connectivity index (χ1v) is 12.3. The molecule has 186 valence electrons. The summed E-state index contributed by atoms with van der Waals surface area (Å²) >= 11 is 0. The van der Waals surface area contributed by atoms with Gasteiger partial charge in [0, 0.05) is 13.5 Å². The van der Waals surface area contributed by atoms with Crippen LogP contribution in [0.15, 0.2) is 30.3 Å². The number of hydrogen-bond acceptors (Lipinski definition) is 3. The highest BCUT2D eigenvalue weighted by molar-refractivity contribution is 5.69. The van der Waals surface area contributed by atoms with Gasteiger partial charge in [-0.25, -0.2) is 4.79 Å². The third-order valence-electron chi connectivity index (χ3n) is 5.15. The Morgan fingerprint density at radius 3 is 1.53 bits per heavy atom. The Balaban J connectivity index is 0. The molecule has 0 aliphatic carbocycles. The average molecular weight is 452 g/mol. The lowest BCUT2D eigenvalue weighted by molar-refractivity contribution is -0.137. The topological polar surface area (TPSA) is 75.6 Å². The summed E-state index contributed by atoms with van der Waals surface area (Å²) in [6.07, 6.45) is 19.8. The van der Waals surface area contributed by atoms with Crippen LogP contribution < -0.4 is 10.1 Å². The van der Waals surface area contributed by atoms with E-state index in [1.165, 1.54) is 90.5 Å². The van der Waals surface area contributed by atoms with Gasteiger partial charge in [0.2, 0.25) is 0 Å². The molecule has 2 N–H and O–H groups in total. The normalized spacial score (nSPS) is 9.81. The number of carboxylic acids is 1. The van der Waals surface area contributed by atoms with Crippen molar-refractivity contribution in [1.29, 1.82) is 0 Å². The number of ether oxygens (including phenoxy) is 1. The van der Waals surface area contributed by atoms with Crippen molar-refractivity contribution >= 4 is 12.1 Å². The van der Waals surface area contributed by atoms with Crippen LogP contribution in [-0.4, -0.2) is 24.2 Å². The first kappa shape index (κ1) is 32.1. The van der Waals surface area contributed by atoms with E-state index in [2.05, 4.69) is 12.2 Å². The van der Waals surface area contributed by atoms with Gasteiger partial charge in [-0.2, -0.15) is 0 Å². The van der Waals surface area contributed by atoms with Crippen molar-refractivity contribution in [3.8, 4) is 5.75 Å². The minimum Gasteiger partial charge on any atom is -0.481 e. The Morgan fingerprint density at radius 2 is 1.16 bits per heavy atom. The number of benzene rings is 1. The van der Waals surface area contributed by atoms with Crippen LogP contribution in [0.5, 0.6) is 5.75 Å². The fraction of sp³-hybridized carbons (Fsp3) is 0.704. The fourth-order valence-electron chi connectivity index (χ4n) is 3.29. The highest BCUT2D eigenvalue weighted by Gasteiger charge is 1.98. The van der Waals surface area contributed by atoms with Crippen molar-refractivity contribution in [3.63, 3.8) is 0 Å². The average Bonchev–Trinajstić information content (AvgIpc) is 2.77. The van der Waals surface area contributed by atoms with E-state index in [1.807, 2.05) is 6.07 Å². The zero-order valence-corrected chi connectivity index (χ0v) is 19.9. The summed E-state index contributed by atoms with van der Waals surface area (Å²) in [6.45, 7) is 2.27. The lowest BCUT2D eigenvalue weighted by Gasteiger charge is -2.03. The first-order chi connectivity index (χ1) is 15.1. The minimum absolute atomic E-state index is 0. The van der Waals surface area contributed by atoms with Crippen molar-refractivity contribution in [3.05, 3.63) is 30.3 Å². The Kier molecular flexibility index (Phi) is 25.3. The summed E-state index contributed by atoms with van der Waals surface area (Å²) in [5.74, 6) is -0.105. The largest absolute Gasteiger partial charge is 0.481 e. The van der Waals surface area contributed by atoms with Crippen molar-refractivity contribution in [2.75, 3.05) is 7.05 Å². The molecule has 0 bridgehead atoms. The van der Waals surface area contributed by atoms with Crippen LogP contribution in [0, 0.1) is 0 Å². The smallest absolute Gasteiger partial charge is 0.412 e. The lowest BCUT2D eigenvalue weighted by Crippen LogP contribution is -2.21. The molecule has 0 aromatic heterocycles. The number of para-hydroxylation sites is 1. The molecule has 5 nitrogen and oxygen atoms in total. The van der Waals surface area contributed by atoms with Crippen LogP contribution in [-0.2, 0) is 4.79 Å². The summed E-state index contributed by atoms with van der Waals surface area (Å²) in [7, 11) is 1.52. The standard InChI is InChI=1S/C18H36O2.C8H9NO2.CH4/c1-2-3-4-5-6-7-8-9-10-11-12-13-14-15-16-17-18(19)20;1-9-8(10)11-7-5-3-2-4-6-7;/h2-17H2,1H3,(H,19,20);2-6H,1H3,(H,9,10);1H4. The number of carbonyl (C=O) groups excluding carboxylic acids is 1. The molecule has 0 radical (unpaired) electrons. The first-order valence-electron chi connectivity index (χ1n) is 12.3. The van der Waals surface area contributed by atoms with Crippen molar-refractivity contribution in [1.82, 2.24) is 5.32 Å². The number of rotatable bonds is 17. The zero-order chi connectivity index (χ0) is 23.0. The molecule has 0 spiro atoms. The molecule has 0 saturated carbocycles. The van der Waals surface area contributed by atoms with Crippen LogP contribution in [0.25, 0.3) is 0 Å². The Bertz CT molecular complexity index is 534. The molecule has 1 amide bonds. The molecule has 5 heteroatoms. The van der Waals surface area contributed by atoms with E-state index in [0.717, 1.165) is 12.8 Å². The fourth-order valence-corrected chi connectivity index (χ4v) is 3.29. The summed E-state index contributed by atoms with van der Waals surface area (Å²) in [5, 5.41) is 10.9. The summed E-state index contributed by atoms with van der Waals surface area (Å²) in [4.78, 5) is 21.0.